The average molecular weight is 285 g/mol. The molecule has 0 unspecified atom stereocenters. The molecule has 2 aromatic rings. The number of nitrogen functional groups attached to an aromatic ring is 1. The highest BCUT2D eigenvalue weighted by atomic mass is 35.5. The molecule has 0 saturated heterocycles. The van der Waals surface area contributed by atoms with E-state index < -0.39 is 0 Å². The molecule has 0 amide bonds. The molecule has 0 heterocycles. The Balaban J connectivity index is 2.53. The maximum Gasteiger partial charge on any atom is 0.146 e. The van der Waals surface area contributed by atoms with Crippen molar-refractivity contribution < 1.29 is 4.39 Å². The lowest BCUT2D eigenvalue weighted by Crippen LogP contribution is -2.12. The van der Waals surface area contributed by atoms with Gasteiger partial charge in [-0.1, -0.05) is 35.3 Å². The van der Waals surface area contributed by atoms with Crippen LogP contribution >= 0.6 is 23.2 Å². The Morgan fingerprint density at radius 2 is 1.67 bits per heavy atom. The molecule has 0 aliphatic rings. The number of benzene rings is 2. The van der Waals surface area contributed by atoms with Crippen molar-refractivity contribution in [3.8, 4) is 0 Å². The van der Waals surface area contributed by atoms with Crippen LogP contribution in [0.3, 0.4) is 0 Å². The van der Waals surface area contributed by atoms with Gasteiger partial charge >= 0.3 is 0 Å². The normalized spacial score (nSPS) is 10.4. The highest BCUT2D eigenvalue weighted by Crippen LogP contribution is 2.39. The fraction of sp³-hybridized carbons (Fsp3) is 0.0769. The summed E-state index contributed by atoms with van der Waals surface area (Å²) in [7, 11) is 1.70. The molecular formula is C13H11Cl2FN2. The van der Waals surface area contributed by atoms with E-state index >= 15 is 0 Å². The Morgan fingerprint density at radius 3 is 2.22 bits per heavy atom. The zero-order valence-electron chi connectivity index (χ0n) is 9.62. The first-order valence-corrected chi connectivity index (χ1v) is 5.99. The third-order valence-electron chi connectivity index (χ3n) is 2.59. The molecule has 2 rings (SSSR count). The summed E-state index contributed by atoms with van der Waals surface area (Å²) in [5.74, 6) is -0.344. The van der Waals surface area contributed by atoms with E-state index in [4.69, 9.17) is 28.9 Å². The van der Waals surface area contributed by atoms with E-state index in [1.165, 1.54) is 6.07 Å². The van der Waals surface area contributed by atoms with Gasteiger partial charge in [-0.15, -0.1) is 0 Å². The first kappa shape index (κ1) is 13.0. The second-order valence-electron chi connectivity index (χ2n) is 3.84. The topological polar surface area (TPSA) is 29.3 Å². The number of halogens is 3. The third-order valence-corrected chi connectivity index (χ3v) is 3.16. The molecule has 0 fully saturated rings. The van der Waals surface area contributed by atoms with Gasteiger partial charge in [-0.25, -0.2) is 4.39 Å². The lowest BCUT2D eigenvalue weighted by molar-refractivity contribution is 0.627. The molecule has 94 valence electrons. The Bertz CT molecular complexity index is 564. The highest BCUT2D eigenvalue weighted by molar-refractivity contribution is 6.39. The SMILES string of the molecule is CN(c1ccccc1F)c1c(Cl)cc(N)cc1Cl. The summed E-state index contributed by atoms with van der Waals surface area (Å²) in [6.07, 6.45) is 0. The number of hydrogen-bond acceptors (Lipinski definition) is 2. The predicted molar refractivity (Wildman–Crippen MR) is 75.3 cm³/mol. The largest absolute Gasteiger partial charge is 0.399 e. The van der Waals surface area contributed by atoms with Crippen LogP contribution in [0, 0.1) is 5.82 Å². The van der Waals surface area contributed by atoms with Crippen molar-refractivity contribution in [2.24, 2.45) is 0 Å². The minimum atomic E-state index is -0.344. The Kier molecular flexibility index (Phi) is 3.64. The Morgan fingerprint density at radius 1 is 1.11 bits per heavy atom. The van der Waals surface area contributed by atoms with Crippen LogP contribution in [0.15, 0.2) is 36.4 Å². The maximum absolute atomic E-state index is 13.7. The lowest BCUT2D eigenvalue weighted by atomic mass is 10.2. The lowest BCUT2D eigenvalue weighted by Gasteiger charge is -2.22. The standard InChI is InChI=1S/C13H11Cl2FN2/c1-18(12-5-3-2-4-11(12)16)13-9(14)6-8(17)7-10(13)15/h2-7H,17H2,1H3. The monoisotopic (exact) mass is 284 g/mol. The summed E-state index contributed by atoms with van der Waals surface area (Å²) in [6, 6.07) is 9.57. The molecule has 2 aromatic carbocycles. The first-order valence-electron chi connectivity index (χ1n) is 5.23. The Labute approximate surface area is 115 Å². The second-order valence-corrected chi connectivity index (χ2v) is 4.66. The molecule has 0 atom stereocenters. The van der Waals surface area contributed by atoms with Crippen molar-refractivity contribution in [1.29, 1.82) is 0 Å². The van der Waals surface area contributed by atoms with Gasteiger partial charge in [-0.2, -0.15) is 0 Å². The summed E-state index contributed by atoms with van der Waals surface area (Å²) < 4.78 is 13.7. The van der Waals surface area contributed by atoms with Crippen LogP contribution in [-0.2, 0) is 0 Å². The van der Waals surface area contributed by atoms with E-state index in [0.29, 0.717) is 27.1 Å². The van der Waals surface area contributed by atoms with Crippen molar-refractivity contribution in [3.05, 3.63) is 52.3 Å². The first-order chi connectivity index (χ1) is 8.50. The molecule has 0 aliphatic heterocycles. The highest BCUT2D eigenvalue weighted by Gasteiger charge is 2.15. The quantitative estimate of drug-likeness (QED) is 0.824. The van der Waals surface area contributed by atoms with Crippen LogP contribution in [0.4, 0.5) is 21.5 Å². The van der Waals surface area contributed by atoms with Crippen molar-refractivity contribution in [2.75, 3.05) is 17.7 Å². The molecule has 0 radical (unpaired) electrons. The van der Waals surface area contributed by atoms with Gasteiger partial charge in [0.1, 0.15) is 5.82 Å². The van der Waals surface area contributed by atoms with E-state index in [1.54, 1.807) is 42.3 Å². The number of nitrogens with zero attached hydrogens (tertiary/aromatic N) is 1. The van der Waals surface area contributed by atoms with Crippen molar-refractivity contribution in [1.82, 2.24) is 0 Å². The molecule has 18 heavy (non-hydrogen) atoms. The third kappa shape index (κ3) is 2.37. The summed E-state index contributed by atoms with van der Waals surface area (Å²) in [5, 5.41) is 0.761. The summed E-state index contributed by atoms with van der Waals surface area (Å²) in [6.45, 7) is 0. The van der Waals surface area contributed by atoms with E-state index in [2.05, 4.69) is 0 Å². The average Bonchev–Trinajstić information content (AvgIpc) is 2.27. The molecule has 5 heteroatoms. The van der Waals surface area contributed by atoms with Crippen LogP contribution in [0.2, 0.25) is 10.0 Å². The fourth-order valence-electron chi connectivity index (χ4n) is 1.75. The van der Waals surface area contributed by atoms with E-state index in [9.17, 15) is 4.39 Å². The molecule has 0 saturated carbocycles. The van der Waals surface area contributed by atoms with E-state index in [-0.39, 0.29) is 5.82 Å². The van der Waals surface area contributed by atoms with E-state index in [1.807, 2.05) is 0 Å². The fourth-order valence-corrected chi connectivity index (χ4v) is 2.51. The van der Waals surface area contributed by atoms with Gasteiger partial charge < -0.3 is 10.6 Å². The number of nitrogens with two attached hydrogens (primary N) is 1. The maximum atomic E-state index is 13.7. The molecule has 0 spiro atoms. The second kappa shape index (κ2) is 5.04. The summed E-state index contributed by atoms with van der Waals surface area (Å²) in [5.41, 5.74) is 7.02. The van der Waals surface area contributed by atoms with Crippen LogP contribution in [-0.4, -0.2) is 7.05 Å². The van der Waals surface area contributed by atoms with Gasteiger partial charge in [0.15, 0.2) is 0 Å². The number of hydrogen-bond donors (Lipinski definition) is 1. The van der Waals surface area contributed by atoms with Crippen LogP contribution in [0.1, 0.15) is 0 Å². The van der Waals surface area contributed by atoms with Gasteiger partial charge in [0.2, 0.25) is 0 Å². The van der Waals surface area contributed by atoms with Gasteiger partial charge in [0.05, 0.1) is 21.4 Å². The number of rotatable bonds is 2. The zero-order valence-corrected chi connectivity index (χ0v) is 11.1. The molecule has 0 aromatic heterocycles. The van der Waals surface area contributed by atoms with Crippen LogP contribution in [0.25, 0.3) is 0 Å². The smallest absolute Gasteiger partial charge is 0.146 e. The Hall–Kier alpha value is -1.45. The molecular weight excluding hydrogens is 274 g/mol. The van der Waals surface area contributed by atoms with Gasteiger partial charge in [-0.05, 0) is 24.3 Å². The minimum absolute atomic E-state index is 0.344. The summed E-state index contributed by atoms with van der Waals surface area (Å²) >= 11 is 12.2. The summed E-state index contributed by atoms with van der Waals surface area (Å²) in [4.78, 5) is 1.60. The number of anilines is 3. The van der Waals surface area contributed by atoms with E-state index in [0.717, 1.165) is 0 Å². The molecule has 0 bridgehead atoms. The number of para-hydroxylation sites is 1. The van der Waals surface area contributed by atoms with Crippen molar-refractivity contribution >= 4 is 40.3 Å². The van der Waals surface area contributed by atoms with Crippen LogP contribution in [0.5, 0.6) is 0 Å². The van der Waals surface area contributed by atoms with Crippen LogP contribution < -0.4 is 10.6 Å². The molecule has 2 N–H and O–H groups in total. The predicted octanol–water partition coefficient (Wildman–Crippen LogP) is 4.48. The van der Waals surface area contributed by atoms with Crippen molar-refractivity contribution in [3.63, 3.8) is 0 Å². The van der Waals surface area contributed by atoms with Gasteiger partial charge in [0, 0.05) is 12.7 Å². The minimum Gasteiger partial charge on any atom is -0.399 e. The molecule has 0 aliphatic carbocycles. The van der Waals surface area contributed by atoms with Gasteiger partial charge in [0.25, 0.3) is 0 Å². The van der Waals surface area contributed by atoms with Crippen molar-refractivity contribution in [2.45, 2.75) is 0 Å². The van der Waals surface area contributed by atoms with Gasteiger partial charge in [-0.3, -0.25) is 0 Å². The molecule has 2 nitrogen and oxygen atoms in total. The zero-order chi connectivity index (χ0) is 13.3.